The van der Waals surface area contributed by atoms with Gasteiger partial charge in [-0.15, -0.1) is 0 Å². The molecule has 0 aromatic carbocycles. The highest BCUT2D eigenvalue weighted by atomic mass is 16.2. The molecule has 1 fully saturated rings. The third-order valence-electron chi connectivity index (χ3n) is 2.10. The highest BCUT2D eigenvalue weighted by Crippen LogP contribution is 2.23. The number of rotatable bonds is 3. The lowest BCUT2D eigenvalue weighted by Gasteiger charge is -2.24. The first-order chi connectivity index (χ1) is 6.45. The van der Waals surface area contributed by atoms with E-state index in [1.54, 1.807) is 20.9 Å². The second kappa shape index (κ2) is 3.86. The molecule has 0 radical (unpaired) electrons. The van der Waals surface area contributed by atoms with Crippen molar-refractivity contribution < 1.29 is 4.79 Å². The summed E-state index contributed by atoms with van der Waals surface area (Å²) in [6.45, 7) is 3.53. The zero-order valence-electron chi connectivity index (χ0n) is 8.92. The largest absolute Gasteiger partial charge is 0.370 e. The van der Waals surface area contributed by atoms with Gasteiger partial charge < -0.3 is 16.4 Å². The minimum absolute atomic E-state index is 0.105. The van der Waals surface area contributed by atoms with E-state index in [0.29, 0.717) is 12.0 Å². The first-order valence-electron chi connectivity index (χ1n) is 4.79. The quantitative estimate of drug-likeness (QED) is 0.425. The Balaban J connectivity index is 2.52. The number of likely N-dealkylation sites (N-methyl/N-ethyl adjacent to an activating group) is 1. The summed E-state index contributed by atoms with van der Waals surface area (Å²) in [6.07, 6.45) is 2.20. The van der Waals surface area contributed by atoms with E-state index in [2.05, 4.69) is 15.6 Å². The minimum atomic E-state index is -0.711. The van der Waals surface area contributed by atoms with Crippen LogP contribution in [0.25, 0.3) is 0 Å². The standard InChI is InChI=1S/C9H18N4O/c1-9(2,7(14)11-3)13-8(10)12-6-4-5-6/h6H,4-5H2,1-3H3,(H,11,14)(H3,10,12,13). The van der Waals surface area contributed by atoms with Crippen molar-refractivity contribution in [3.63, 3.8) is 0 Å². The Hall–Kier alpha value is -1.26. The smallest absolute Gasteiger partial charge is 0.244 e. The number of nitrogens with two attached hydrogens (primary N) is 1. The van der Waals surface area contributed by atoms with E-state index in [4.69, 9.17) is 5.73 Å². The molecule has 14 heavy (non-hydrogen) atoms. The molecule has 0 heterocycles. The topological polar surface area (TPSA) is 79.5 Å². The van der Waals surface area contributed by atoms with Gasteiger partial charge >= 0.3 is 0 Å². The van der Waals surface area contributed by atoms with Crippen molar-refractivity contribution in [1.29, 1.82) is 0 Å². The molecule has 0 atom stereocenters. The van der Waals surface area contributed by atoms with Crippen molar-refractivity contribution in [3.05, 3.63) is 0 Å². The molecular formula is C9H18N4O. The summed E-state index contributed by atoms with van der Waals surface area (Å²) in [4.78, 5) is 15.6. The summed E-state index contributed by atoms with van der Waals surface area (Å²) in [5, 5.41) is 5.46. The van der Waals surface area contributed by atoms with Gasteiger partial charge in [0.25, 0.3) is 0 Å². The number of hydrogen-bond donors (Lipinski definition) is 3. The summed E-state index contributed by atoms with van der Waals surface area (Å²) in [7, 11) is 1.60. The summed E-state index contributed by atoms with van der Waals surface area (Å²) in [5.74, 6) is 0.243. The summed E-state index contributed by atoms with van der Waals surface area (Å²) in [5.41, 5.74) is 4.94. The van der Waals surface area contributed by atoms with Gasteiger partial charge in [-0.3, -0.25) is 9.79 Å². The van der Waals surface area contributed by atoms with Gasteiger partial charge in [-0.25, -0.2) is 0 Å². The number of amides is 1. The van der Waals surface area contributed by atoms with Crippen LogP contribution in [0.3, 0.4) is 0 Å². The molecule has 1 rings (SSSR count). The molecule has 80 valence electrons. The number of guanidine groups is 1. The van der Waals surface area contributed by atoms with Crippen molar-refractivity contribution >= 4 is 11.9 Å². The van der Waals surface area contributed by atoms with E-state index in [1.165, 1.54) is 0 Å². The van der Waals surface area contributed by atoms with Gasteiger partial charge in [0.05, 0.1) is 6.04 Å². The number of aliphatic imine (C=N–C) groups is 1. The lowest BCUT2D eigenvalue weighted by Crippen LogP contribution is -2.56. The predicted molar refractivity (Wildman–Crippen MR) is 55.9 cm³/mol. The molecule has 1 aliphatic carbocycles. The van der Waals surface area contributed by atoms with Gasteiger partial charge in [0.2, 0.25) is 5.91 Å². The molecule has 5 heteroatoms. The van der Waals surface area contributed by atoms with Gasteiger partial charge in [-0.1, -0.05) is 0 Å². The highest BCUT2D eigenvalue weighted by Gasteiger charge is 2.28. The fraction of sp³-hybridized carbons (Fsp3) is 0.778. The Bertz CT molecular complexity index is 256. The van der Waals surface area contributed by atoms with E-state index in [9.17, 15) is 4.79 Å². The van der Waals surface area contributed by atoms with Gasteiger partial charge in [0.15, 0.2) is 5.96 Å². The van der Waals surface area contributed by atoms with Crippen molar-refractivity contribution in [2.45, 2.75) is 38.3 Å². The number of carbonyl (C=O) groups excluding carboxylic acids is 1. The van der Waals surface area contributed by atoms with Gasteiger partial charge in [0.1, 0.15) is 5.54 Å². The van der Waals surface area contributed by atoms with Crippen LogP contribution >= 0.6 is 0 Å². The van der Waals surface area contributed by atoms with Crippen molar-refractivity contribution in [2.75, 3.05) is 7.05 Å². The average molecular weight is 198 g/mol. The van der Waals surface area contributed by atoms with Crippen LogP contribution in [-0.4, -0.2) is 30.5 Å². The Morgan fingerprint density at radius 3 is 2.50 bits per heavy atom. The van der Waals surface area contributed by atoms with Crippen LogP contribution in [0.1, 0.15) is 26.7 Å². The van der Waals surface area contributed by atoms with Crippen LogP contribution in [0, 0.1) is 0 Å². The zero-order chi connectivity index (χ0) is 10.8. The van der Waals surface area contributed by atoms with Crippen molar-refractivity contribution in [2.24, 2.45) is 10.7 Å². The number of carbonyl (C=O) groups is 1. The Kier molecular flexibility index (Phi) is 2.98. The Labute approximate surface area is 84.1 Å². The summed E-state index contributed by atoms with van der Waals surface area (Å²) in [6, 6.07) is 0.364. The molecule has 4 N–H and O–H groups in total. The van der Waals surface area contributed by atoms with Crippen LogP contribution in [-0.2, 0) is 4.79 Å². The SMILES string of the molecule is CNC(=O)C(C)(C)NC(N)=NC1CC1. The maximum absolute atomic E-state index is 11.4. The van der Waals surface area contributed by atoms with E-state index in [-0.39, 0.29) is 5.91 Å². The fourth-order valence-electron chi connectivity index (χ4n) is 1.12. The molecule has 0 saturated heterocycles. The van der Waals surface area contributed by atoms with E-state index in [0.717, 1.165) is 12.8 Å². The van der Waals surface area contributed by atoms with Crippen LogP contribution in [0.4, 0.5) is 0 Å². The van der Waals surface area contributed by atoms with Crippen LogP contribution < -0.4 is 16.4 Å². The monoisotopic (exact) mass is 198 g/mol. The third-order valence-corrected chi connectivity index (χ3v) is 2.10. The lowest BCUT2D eigenvalue weighted by atomic mass is 10.1. The van der Waals surface area contributed by atoms with E-state index < -0.39 is 5.54 Å². The lowest BCUT2D eigenvalue weighted by molar-refractivity contribution is -0.125. The van der Waals surface area contributed by atoms with Gasteiger partial charge in [-0.2, -0.15) is 0 Å². The van der Waals surface area contributed by atoms with E-state index in [1.807, 2.05) is 0 Å². The Morgan fingerprint density at radius 1 is 1.50 bits per heavy atom. The van der Waals surface area contributed by atoms with Crippen molar-refractivity contribution in [1.82, 2.24) is 10.6 Å². The first-order valence-corrected chi connectivity index (χ1v) is 4.79. The van der Waals surface area contributed by atoms with Gasteiger partial charge in [0, 0.05) is 7.05 Å². The summed E-state index contributed by atoms with van der Waals surface area (Å²) >= 11 is 0. The molecule has 0 unspecified atom stereocenters. The molecule has 0 aliphatic heterocycles. The maximum Gasteiger partial charge on any atom is 0.244 e. The molecule has 0 aromatic rings. The van der Waals surface area contributed by atoms with Crippen LogP contribution in [0.5, 0.6) is 0 Å². The second-order valence-electron chi connectivity index (χ2n) is 4.07. The first kappa shape index (κ1) is 10.8. The number of hydrogen-bond acceptors (Lipinski definition) is 2. The molecule has 0 aromatic heterocycles. The third kappa shape index (κ3) is 2.90. The fourth-order valence-corrected chi connectivity index (χ4v) is 1.12. The second-order valence-corrected chi connectivity index (χ2v) is 4.07. The molecule has 1 amide bonds. The molecular weight excluding hydrogens is 180 g/mol. The van der Waals surface area contributed by atoms with Crippen LogP contribution in [0.2, 0.25) is 0 Å². The molecule has 1 saturated carbocycles. The van der Waals surface area contributed by atoms with Gasteiger partial charge in [-0.05, 0) is 26.7 Å². The molecule has 0 bridgehead atoms. The molecule has 5 nitrogen and oxygen atoms in total. The highest BCUT2D eigenvalue weighted by molar-refractivity contribution is 5.91. The molecule has 0 spiro atoms. The summed E-state index contributed by atoms with van der Waals surface area (Å²) < 4.78 is 0. The van der Waals surface area contributed by atoms with Crippen molar-refractivity contribution in [3.8, 4) is 0 Å². The van der Waals surface area contributed by atoms with Crippen LogP contribution in [0.15, 0.2) is 4.99 Å². The van der Waals surface area contributed by atoms with E-state index >= 15 is 0 Å². The Morgan fingerprint density at radius 2 is 2.07 bits per heavy atom. The normalized spacial score (nSPS) is 17.8. The maximum atomic E-state index is 11.4. The predicted octanol–water partition coefficient (Wildman–Crippen LogP) is -0.422. The number of nitrogens with zero attached hydrogens (tertiary/aromatic N) is 1. The zero-order valence-corrected chi connectivity index (χ0v) is 8.92. The average Bonchev–Trinajstić information content (AvgIpc) is 2.85. The molecule has 1 aliphatic rings. The number of nitrogens with one attached hydrogen (secondary N) is 2. The minimum Gasteiger partial charge on any atom is -0.370 e.